The third kappa shape index (κ3) is 2.98. The molecule has 2 aromatic carbocycles. The number of phenols is 1. The molecule has 1 aromatic heterocycles. The summed E-state index contributed by atoms with van der Waals surface area (Å²) >= 11 is 0. The standard InChI is InChI=1S/C20H18FNO4/c21-17-5-2-1-4-13(17)16-11-26-20-14(19(16)24)6-7-18(23)15(20)10-22-8-3-9-25-12-22/h1-2,4-7,11,23H,3,8-10,12H2. The normalized spacial score (nSPS) is 15.4. The summed E-state index contributed by atoms with van der Waals surface area (Å²) < 4.78 is 25.2. The van der Waals surface area contributed by atoms with Crippen LogP contribution in [0.2, 0.25) is 0 Å². The first kappa shape index (κ1) is 16.8. The van der Waals surface area contributed by atoms with Crippen LogP contribution in [0, 0.1) is 5.82 Å². The first-order valence-corrected chi connectivity index (χ1v) is 8.46. The molecule has 0 unspecified atom stereocenters. The maximum absolute atomic E-state index is 14.1. The minimum Gasteiger partial charge on any atom is -0.507 e. The molecule has 1 fully saturated rings. The van der Waals surface area contributed by atoms with Crippen molar-refractivity contribution < 1.29 is 18.7 Å². The van der Waals surface area contributed by atoms with Crippen molar-refractivity contribution in [1.82, 2.24) is 4.90 Å². The maximum Gasteiger partial charge on any atom is 0.200 e. The van der Waals surface area contributed by atoms with Crippen LogP contribution in [0.25, 0.3) is 22.1 Å². The van der Waals surface area contributed by atoms with Crippen LogP contribution in [0.4, 0.5) is 4.39 Å². The van der Waals surface area contributed by atoms with Crippen molar-refractivity contribution in [2.75, 3.05) is 19.9 Å². The summed E-state index contributed by atoms with van der Waals surface area (Å²) in [7, 11) is 0. The molecular weight excluding hydrogens is 337 g/mol. The quantitative estimate of drug-likeness (QED) is 0.779. The zero-order valence-electron chi connectivity index (χ0n) is 14.1. The van der Waals surface area contributed by atoms with Crippen LogP contribution in [-0.4, -0.2) is 29.9 Å². The number of hydrogen-bond donors (Lipinski definition) is 1. The van der Waals surface area contributed by atoms with Crippen LogP contribution in [0.5, 0.6) is 5.75 Å². The summed E-state index contributed by atoms with van der Waals surface area (Å²) in [5.74, 6) is -0.423. The number of halogens is 1. The van der Waals surface area contributed by atoms with Gasteiger partial charge in [0.2, 0.25) is 5.43 Å². The fourth-order valence-corrected chi connectivity index (χ4v) is 3.26. The van der Waals surface area contributed by atoms with Crippen LogP contribution in [0.15, 0.2) is 51.9 Å². The predicted octanol–water partition coefficient (Wildman–Crippen LogP) is 3.48. The van der Waals surface area contributed by atoms with E-state index < -0.39 is 5.82 Å². The predicted molar refractivity (Wildman–Crippen MR) is 95.4 cm³/mol. The highest BCUT2D eigenvalue weighted by atomic mass is 19.1. The number of nitrogens with zero attached hydrogens (tertiary/aromatic N) is 1. The van der Waals surface area contributed by atoms with Gasteiger partial charge in [0.1, 0.15) is 23.4 Å². The van der Waals surface area contributed by atoms with Gasteiger partial charge in [0.15, 0.2) is 0 Å². The van der Waals surface area contributed by atoms with Crippen LogP contribution in [-0.2, 0) is 11.3 Å². The van der Waals surface area contributed by atoms with Gasteiger partial charge in [-0.15, -0.1) is 0 Å². The molecule has 2 heterocycles. The lowest BCUT2D eigenvalue weighted by Crippen LogP contribution is -2.32. The van der Waals surface area contributed by atoms with Crippen molar-refractivity contribution in [1.29, 1.82) is 0 Å². The van der Waals surface area contributed by atoms with Crippen molar-refractivity contribution >= 4 is 11.0 Å². The molecule has 26 heavy (non-hydrogen) atoms. The maximum atomic E-state index is 14.1. The fourth-order valence-electron chi connectivity index (χ4n) is 3.26. The lowest BCUT2D eigenvalue weighted by atomic mass is 10.0. The second-order valence-electron chi connectivity index (χ2n) is 6.34. The van der Waals surface area contributed by atoms with Gasteiger partial charge in [-0.25, -0.2) is 4.39 Å². The first-order valence-electron chi connectivity index (χ1n) is 8.46. The van der Waals surface area contributed by atoms with Gasteiger partial charge < -0.3 is 14.3 Å². The van der Waals surface area contributed by atoms with E-state index in [0.29, 0.717) is 29.8 Å². The number of phenolic OH excluding ortho intramolecular Hbond substituents is 1. The van der Waals surface area contributed by atoms with Crippen molar-refractivity contribution in [3.8, 4) is 16.9 Å². The third-order valence-electron chi connectivity index (χ3n) is 4.60. The van der Waals surface area contributed by atoms with E-state index in [0.717, 1.165) is 19.6 Å². The van der Waals surface area contributed by atoms with Crippen LogP contribution < -0.4 is 5.43 Å². The molecule has 0 radical (unpaired) electrons. The first-order chi connectivity index (χ1) is 12.6. The van der Waals surface area contributed by atoms with Crippen molar-refractivity contribution in [3.63, 3.8) is 0 Å². The topological polar surface area (TPSA) is 62.9 Å². The molecule has 1 aliphatic rings. The lowest BCUT2D eigenvalue weighted by Gasteiger charge is -2.26. The van der Waals surface area contributed by atoms with E-state index >= 15 is 0 Å². The molecule has 0 amide bonds. The van der Waals surface area contributed by atoms with E-state index in [4.69, 9.17) is 9.15 Å². The molecule has 1 N–H and O–H groups in total. The zero-order valence-corrected chi connectivity index (χ0v) is 14.1. The van der Waals surface area contributed by atoms with Crippen LogP contribution in [0.1, 0.15) is 12.0 Å². The Morgan fingerprint density at radius 3 is 2.77 bits per heavy atom. The van der Waals surface area contributed by atoms with Gasteiger partial charge in [0.25, 0.3) is 0 Å². The van der Waals surface area contributed by atoms with E-state index in [-0.39, 0.29) is 22.3 Å². The molecule has 5 nitrogen and oxygen atoms in total. The Labute approximate surface area is 149 Å². The largest absolute Gasteiger partial charge is 0.507 e. The fraction of sp³-hybridized carbons (Fsp3) is 0.250. The van der Waals surface area contributed by atoms with E-state index in [1.807, 2.05) is 4.90 Å². The molecule has 0 saturated carbocycles. The molecule has 0 spiro atoms. The van der Waals surface area contributed by atoms with Crippen LogP contribution >= 0.6 is 0 Å². The zero-order chi connectivity index (χ0) is 18.1. The molecule has 0 atom stereocenters. The van der Waals surface area contributed by atoms with Gasteiger partial charge in [-0.2, -0.15) is 0 Å². The Morgan fingerprint density at radius 1 is 1.15 bits per heavy atom. The molecule has 6 heteroatoms. The molecule has 1 aliphatic heterocycles. The van der Waals surface area contributed by atoms with Gasteiger partial charge >= 0.3 is 0 Å². The van der Waals surface area contributed by atoms with E-state index in [9.17, 15) is 14.3 Å². The lowest BCUT2D eigenvalue weighted by molar-refractivity contribution is -0.0178. The second kappa shape index (κ2) is 6.90. The van der Waals surface area contributed by atoms with Crippen molar-refractivity contribution in [2.45, 2.75) is 13.0 Å². The molecule has 0 aliphatic carbocycles. The van der Waals surface area contributed by atoms with Crippen molar-refractivity contribution in [3.05, 3.63) is 64.3 Å². The summed E-state index contributed by atoms with van der Waals surface area (Å²) in [4.78, 5) is 14.9. The summed E-state index contributed by atoms with van der Waals surface area (Å²) in [6.07, 6.45) is 2.17. The smallest absolute Gasteiger partial charge is 0.200 e. The van der Waals surface area contributed by atoms with Gasteiger partial charge in [-0.1, -0.05) is 18.2 Å². The highest BCUT2D eigenvalue weighted by Gasteiger charge is 2.19. The van der Waals surface area contributed by atoms with Crippen molar-refractivity contribution in [2.24, 2.45) is 0 Å². The number of benzene rings is 2. The molecule has 3 aromatic rings. The summed E-state index contributed by atoms with van der Waals surface area (Å²) in [6, 6.07) is 9.07. The average molecular weight is 355 g/mol. The van der Waals surface area contributed by atoms with E-state index in [1.54, 1.807) is 18.2 Å². The summed E-state index contributed by atoms with van der Waals surface area (Å²) in [6.45, 7) is 2.44. The molecule has 1 saturated heterocycles. The average Bonchev–Trinajstić information content (AvgIpc) is 2.66. The Hall–Kier alpha value is -2.70. The monoisotopic (exact) mass is 355 g/mol. The second-order valence-corrected chi connectivity index (χ2v) is 6.34. The van der Waals surface area contributed by atoms with E-state index in [1.165, 1.54) is 24.5 Å². The molecular formula is C20H18FNO4. The van der Waals surface area contributed by atoms with Gasteiger partial charge in [-0.3, -0.25) is 9.69 Å². The highest BCUT2D eigenvalue weighted by molar-refractivity contribution is 5.85. The molecule has 0 bridgehead atoms. The number of aromatic hydroxyl groups is 1. The van der Waals surface area contributed by atoms with Gasteiger partial charge in [-0.05, 0) is 24.6 Å². The third-order valence-corrected chi connectivity index (χ3v) is 4.60. The van der Waals surface area contributed by atoms with Crippen LogP contribution in [0.3, 0.4) is 0 Å². The Kier molecular flexibility index (Phi) is 4.44. The van der Waals surface area contributed by atoms with Gasteiger partial charge in [0, 0.05) is 25.3 Å². The Balaban J connectivity index is 1.82. The number of ether oxygens (including phenoxy) is 1. The number of hydrogen-bond acceptors (Lipinski definition) is 5. The number of fused-ring (bicyclic) bond motifs is 1. The highest BCUT2D eigenvalue weighted by Crippen LogP contribution is 2.30. The van der Waals surface area contributed by atoms with Gasteiger partial charge in [0.05, 0.1) is 23.2 Å². The summed E-state index contributed by atoms with van der Waals surface area (Å²) in [5.41, 5.74) is 0.883. The molecule has 4 rings (SSSR count). The Bertz CT molecular complexity index is 1010. The Morgan fingerprint density at radius 2 is 2.00 bits per heavy atom. The summed E-state index contributed by atoms with van der Waals surface area (Å²) in [5, 5.41) is 10.6. The SMILES string of the molecule is O=c1c(-c2ccccc2F)coc2c(CN3CCCOC3)c(O)ccc12. The minimum atomic E-state index is -0.483. The molecule has 134 valence electrons. The van der Waals surface area contributed by atoms with E-state index in [2.05, 4.69) is 0 Å². The number of rotatable bonds is 3. The minimum absolute atomic E-state index is 0.0601.